The number of urea groups is 1. The molecule has 3 aliphatic rings. The maximum atomic E-state index is 12.5. The number of anilines is 1. The van der Waals surface area contributed by atoms with Crippen LogP contribution in [0.15, 0.2) is 12.3 Å². The third kappa shape index (κ3) is 2.05. The Balaban J connectivity index is 1.47. The van der Waals surface area contributed by atoms with Crippen LogP contribution in [-0.4, -0.2) is 34.4 Å². The second kappa shape index (κ2) is 4.69. The van der Waals surface area contributed by atoms with Gasteiger partial charge in [0, 0.05) is 24.7 Å². The van der Waals surface area contributed by atoms with Crippen LogP contribution in [0.4, 0.5) is 10.5 Å². The van der Waals surface area contributed by atoms with Crippen LogP contribution in [0.2, 0.25) is 0 Å². The number of nitrogens with zero attached hydrogens (tertiary/aromatic N) is 2. The molecule has 22 heavy (non-hydrogen) atoms. The normalized spacial score (nSPS) is 24.9. The molecule has 4 rings (SSSR count). The Hall–Kier alpha value is -2.11. The highest BCUT2D eigenvalue weighted by molar-refractivity contribution is 5.97. The second-order valence-electron chi connectivity index (χ2n) is 6.88. The van der Waals surface area contributed by atoms with Crippen LogP contribution in [-0.2, 0) is 6.54 Å². The van der Waals surface area contributed by atoms with Gasteiger partial charge in [-0.3, -0.25) is 4.79 Å². The molecule has 1 unspecified atom stereocenters. The van der Waals surface area contributed by atoms with Crippen molar-refractivity contribution in [2.75, 3.05) is 11.9 Å². The van der Waals surface area contributed by atoms with Gasteiger partial charge in [0.1, 0.15) is 5.69 Å². The fourth-order valence-electron chi connectivity index (χ4n) is 4.00. The van der Waals surface area contributed by atoms with Crippen molar-refractivity contribution in [3.05, 3.63) is 23.5 Å². The first-order chi connectivity index (χ1) is 10.6. The topological polar surface area (TPSA) is 74.3 Å². The van der Waals surface area contributed by atoms with E-state index in [1.54, 1.807) is 6.20 Å². The summed E-state index contributed by atoms with van der Waals surface area (Å²) in [7, 11) is 0. The summed E-state index contributed by atoms with van der Waals surface area (Å²) in [5.74, 6) is -0.145. The summed E-state index contributed by atoms with van der Waals surface area (Å²) in [6, 6.07) is 2.05. The maximum absolute atomic E-state index is 12.5. The van der Waals surface area contributed by atoms with E-state index in [2.05, 4.69) is 22.5 Å². The molecule has 0 radical (unpaired) electrons. The molecule has 3 amide bonds. The first kappa shape index (κ1) is 13.5. The molecule has 1 aromatic rings. The van der Waals surface area contributed by atoms with Crippen molar-refractivity contribution in [1.82, 2.24) is 15.2 Å². The molecule has 2 fully saturated rings. The number of nitrogens with one attached hydrogen (secondary N) is 2. The third-order valence-electron chi connectivity index (χ3n) is 5.31. The Morgan fingerprint density at radius 2 is 2.32 bits per heavy atom. The summed E-state index contributed by atoms with van der Waals surface area (Å²) in [5, 5.41) is 5.66. The molecule has 6 heteroatoms. The third-order valence-corrected chi connectivity index (χ3v) is 5.31. The smallest absolute Gasteiger partial charge is 0.322 e. The van der Waals surface area contributed by atoms with E-state index in [1.807, 2.05) is 11.0 Å². The minimum absolute atomic E-state index is 0.0599. The van der Waals surface area contributed by atoms with Crippen LogP contribution in [0, 0.1) is 5.41 Å². The number of rotatable bonds is 1. The van der Waals surface area contributed by atoms with Gasteiger partial charge in [-0.05, 0) is 37.7 Å². The Kier molecular flexibility index (Phi) is 2.89. The number of likely N-dealkylation sites (tertiary alicyclic amines) is 1. The molecular formula is C16H20N4O2. The zero-order valence-corrected chi connectivity index (χ0v) is 12.7. The molecule has 2 aliphatic heterocycles. The number of hydrogen-bond acceptors (Lipinski definition) is 3. The summed E-state index contributed by atoms with van der Waals surface area (Å²) in [6.07, 6.45) is 6.45. The molecule has 1 saturated carbocycles. The zero-order valence-electron chi connectivity index (χ0n) is 12.7. The van der Waals surface area contributed by atoms with Gasteiger partial charge in [0.15, 0.2) is 0 Å². The Morgan fingerprint density at radius 1 is 1.50 bits per heavy atom. The fourth-order valence-corrected chi connectivity index (χ4v) is 4.00. The van der Waals surface area contributed by atoms with E-state index >= 15 is 0 Å². The molecule has 2 N–H and O–H groups in total. The lowest BCUT2D eigenvalue weighted by Gasteiger charge is -2.37. The summed E-state index contributed by atoms with van der Waals surface area (Å²) in [5.41, 5.74) is 2.33. The summed E-state index contributed by atoms with van der Waals surface area (Å²) in [4.78, 5) is 30.1. The SMILES string of the molecule is CC1CC2(CCC2)CN1C(=O)Nc1cnc2c(c1)CNC2=O. The van der Waals surface area contributed by atoms with Crippen molar-refractivity contribution in [3.63, 3.8) is 0 Å². The molecule has 1 saturated heterocycles. The number of pyridine rings is 1. The van der Waals surface area contributed by atoms with Crippen LogP contribution in [0.3, 0.4) is 0 Å². The molecule has 3 heterocycles. The van der Waals surface area contributed by atoms with Crippen molar-refractivity contribution >= 4 is 17.6 Å². The van der Waals surface area contributed by atoms with Crippen molar-refractivity contribution < 1.29 is 9.59 Å². The summed E-state index contributed by atoms with van der Waals surface area (Å²) >= 11 is 0. The lowest BCUT2D eigenvalue weighted by molar-refractivity contribution is 0.0961. The van der Waals surface area contributed by atoms with Gasteiger partial charge in [-0.15, -0.1) is 0 Å². The number of amides is 3. The van der Waals surface area contributed by atoms with Gasteiger partial charge in [0.2, 0.25) is 0 Å². The number of hydrogen-bond donors (Lipinski definition) is 2. The van der Waals surface area contributed by atoms with E-state index in [-0.39, 0.29) is 18.0 Å². The van der Waals surface area contributed by atoms with Crippen molar-refractivity contribution in [2.24, 2.45) is 5.41 Å². The highest BCUT2D eigenvalue weighted by atomic mass is 16.2. The number of carbonyl (C=O) groups is 2. The molecule has 6 nitrogen and oxygen atoms in total. The average molecular weight is 300 g/mol. The first-order valence-electron chi connectivity index (χ1n) is 7.91. The van der Waals surface area contributed by atoms with Gasteiger partial charge in [-0.25, -0.2) is 9.78 Å². The molecule has 1 atom stereocenters. The lowest BCUT2D eigenvalue weighted by atomic mass is 9.68. The van der Waals surface area contributed by atoms with E-state index < -0.39 is 0 Å². The van der Waals surface area contributed by atoms with Gasteiger partial charge in [0.05, 0.1) is 11.9 Å². The Labute approximate surface area is 129 Å². The molecular weight excluding hydrogens is 280 g/mol. The van der Waals surface area contributed by atoms with E-state index in [0.717, 1.165) is 18.5 Å². The summed E-state index contributed by atoms with van der Waals surface area (Å²) < 4.78 is 0. The Bertz CT molecular complexity index is 654. The number of fused-ring (bicyclic) bond motifs is 1. The molecule has 1 aromatic heterocycles. The van der Waals surface area contributed by atoms with Crippen molar-refractivity contribution in [1.29, 1.82) is 0 Å². The molecule has 0 bridgehead atoms. The van der Waals surface area contributed by atoms with Gasteiger partial charge < -0.3 is 15.5 Å². The summed E-state index contributed by atoms with van der Waals surface area (Å²) in [6.45, 7) is 3.46. The maximum Gasteiger partial charge on any atom is 0.322 e. The van der Waals surface area contributed by atoms with Crippen molar-refractivity contribution in [2.45, 2.75) is 45.2 Å². The van der Waals surface area contributed by atoms with E-state index in [0.29, 0.717) is 23.3 Å². The van der Waals surface area contributed by atoms with Crippen LogP contribution >= 0.6 is 0 Å². The molecule has 0 aromatic carbocycles. The highest BCUT2D eigenvalue weighted by Crippen LogP contribution is 2.50. The van der Waals surface area contributed by atoms with Gasteiger partial charge in [0.25, 0.3) is 5.91 Å². The molecule has 1 spiro atoms. The highest BCUT2D eigenvalue weighted by Gasteiger charge is 2.47. The zero-order chi connectivity index (χ0) is 15.3. The first-order valence-corrected chi connectivity index (χ1v) is 7.91. The monoisotopic (exact) mass is 300 g/mol. The number of carbonyl (C=O) groups excluding carboxylic acids is 2. The second-order valence-corrected chi connectivity index (χ2v) is 6.88. The standard InChI is InChI=1S/C16H20N4O2/c1-10-6-16(3-2-4-16)9-20(10)15(22)19-12-5-11-7-18-14(21)13(11)17-8-12/h5,8,10H,2-4,6-7,9H2,1H3,(H,18,21)(H,19,22). The van der Waals surface area contributed by atoms with Gasteiger partial charge >= 0.3 is 6.03 Å². The largest absolute Gasteiger partial charge is 0.347 e. The quantitative estimate of drug-likeness (QED) is 0.834. The Morgan fingerprint density at radius 3 is 3.00 bits per heavy atom. The fraction of sp³-hybridized carbons (Fsp3) is 0.562. The van der Waals surface area contributed by atoms with Gasteiger partial charge in [-0.2, -0.15) is 0 Å². The van der Waals surface area contributed by atoms with Gasteiger partial charge in [-0.1, -0.05) is 6.42 Å². The molecule has 1 aliphatic carbocycles. The van der Waals surface area contributed by atoms with Crippen LogP contribution < -0.4 is 10.6 Å². The van der Waals surface area contributed by atoms with E-state index in [4.69, 9.17) is 0 Å². The predicted molar refractivity (Wildman–Crippen MR) is 81.5 cm³/mol. The average Bonchev–Trinajstić information content (AvgIpc) is 3.00. The molecule has 116 valence electrons. The van der Waals surface area contributed by atoms with Crippen LogP contribution in [0.5, 0.6) is 0 Å². The van der Waals surface area contributed by atoms with Crippen LogP contribution in [0.25, 0.3) is 0 Å². The minimum Gasteiger partial charge on any atom is -0.347 e. The van der Waals surface area contributed by atoms with E-state index in [1.165, 1.54) is 19.3 Å². The van der Waals surface area contributed by atoms with Crippen LogP contribution in [0.1, 0.15) is 48.7 Å². The minimum atomic E-state index is -0.145. The van der Waals surface area contributed by atoms with E-state index in [9.17, 15) is 9.59 Å². The lowest BCUT2D eigenvalue weighted by Crippen LogP contribution is -2.39. The number of aromatic nitrogens is 1. The predicted octanol–water partition coefficient (Wildman–Crippen LogP) is 2.12. The van der Waals surface area contributed by atoms with Crippen molar-refractivity contribution in [3.8, 4) is 0 Å².